The fraction of sp³-hybridized carbons (Fsp3) is 0.200. The van der Waals surface area contributed by atoms with Gasteiger partial charge in [0.2, 0.25) is 0 Å². The van der Waals surface area contributed by atoms with Crippen LogP contribution in [0.15, 0.2) is 72.9 Å². The van der Waals surface area contributed by atoms with Gasteiger partial charge in [-0.3, -0.25) is 4.40 Å². The third-order valence-corrected chi connectivity index (χ3v) is 4.97. The van der Waals surface area contributed by atoms with Crippen molar-refractivity contribution in [3.8, 4) is 11.5 Å². The van der Waals surface area contributed by atoms with E-state index in [9.17, 15) is 0 Å². The monoisotopic (exact) mass is 381 g/mol. The molecule has 144 valence electrons. The lowest BCUT2D eigenvalue weighted by Crippen LogP contribution is -2.11. The van der Waals surface area contributed by atoms with Crippen molar-refractivity contribution in [2.45, 2.75) is 27.2 Å². The highest BCUT2D eigenvalue weighted by atomic mass is 16.5. The van der Waals surface area contributed by atoms with Gasteiger partial charge in [0, 0.05) is 11.6 Å². The second-order valence-corrected chi connectivity index (χ2v) is 8.60. The molecule has 4 heteroatoms. The molecule has 0 unspecified atom stereocenters. The summed E-state index contributed by atoms with van der Waals surface area (Å²) in [5.41, 5.74) is 4.98. The number of aromatic nitrogens is 3. The average molecular weight is 381 g/mol. The van der Waals surface area contributed by atoms with E-state index < -0.39 is 0 Å². The molecule has 3 heterocycles. The van der Waals surface area contributed by atoms with Crippen molar-refractivity contribution in [3.05, 3.63) is 78.6 Å². The molecule has 0 N–H and O–H groups in total. The van der Waals surface area contributed by atoms with E-state index >= 15 is 0 Å². The molecule has 0 aliphatic heterocycles. The molecule has 0 fully saturated rings. The Morgan fingerprint density at radius 3 is 2.41 bits per heavy atom. The molecule has 0 bridgehead atoms. The van der Waals surface area contributed by atoms with Crippen molar-refractivity contribution < 1.29 is 4.74 Å². The lowest BCUT2D eigenvalue weighted by atomic mass is 9.89. The Labute approximate surface area is 169 Å². The Morgan fingerprint density at radius 1 is 0.828 bits per heavy atom. The van der Waals surface area contributed by atoms with Crippen molar-refractivity contribution in [1.29, 1.82) is 0 Å². The summed E-state index contributed by atoms with van der Waals surface area (Å²) >= 11 is 0. The van der Waals surface area contributed by atoms with Crippen LogP contribution in [0.3, 0.4) is 0 Å². The number of hydrogen-bond donors (Lipinski definition) is 0. The molecular formula is C25H23N3O. The molecule has 0 aliphatic rings. The number of hydrogen-bond acceptors (Lipinski definition) is 3. The molecule has 5 aromatic rings. The van der Waals surface area contributed by atoms with Crippen LogP contribution >= 0.6 is 0 Å². The predicted molar refractivity (Wildman–Crippen MR) is 118 cm³/mol. The van der Waals surface area contributed by atoms with Crippen LogP contribution in [-0.2, 0) is 6.42 Å². The summed E-state index contributed by atoms with van der Waals surface area (Å²) in [5, 5.41) is 1.01. The van der Waals surface area contributed by atoms with Gasteiger partial charge in [-0.25, -0.2) is 9.97 Å². The summed E-state index contributed by atoms with van der Waals surface area (Å²) in [5.74, 6) is 1.55. The van der Waals surface area contributed by atoms with Crippen LogP contribution in [-0.4, -0.2) is 14.4 Å². The van der Waals surface area contributed by atoms with E-state index in [0.717, 1.165) is 51.2 Å². The fourth-order valence-corrected chi connectivity index (χ4v) is 3.80. The number of nitrogens with zero attached hydrogens (tertiary/aromatic N) is 3. The second kappa shape index (κ2) is 6.59. The third-order valence-electron chi connectivity index (χ3n) is 4.97. The highest BCUT2D eigenvalue weighted by molar-refractivity contribution is 6.06. The van der Waals surface area contributed by atoms with Crippen LogP contribution in [0.4, 0.5) is 0 Å². The van der Waals surface area contributed by atoms with Gasteiger partial charge in [-0.1, -0.05) is 57.2 Å². The number of pyridine rings is 2. The van der Waals surface area contributed by atoms with Crippen LogP contribution in [0.25, 0.3) is 27.6 Å². The maximum Gasteiger partial charge on any atom is 0.153 e. The smallest absolute Gasteiger partial charge is 0.153 e. The zero-order valence-electron chi connectivity index (χ0n) is 16.9. The molecule has 5 rings (SSSR count). The van der Waals surface area contributed by atoms with E-state index in [4.69, 9.17) is 14.7 Å². The SMILES string of the molecule is CC(C)(C)Cc1nc2c(Oc3ccccc3)cccc2c2nc3ccccn3c12. The first-order valence-corrected chi connectivity index (χ1v) is 9.91. The Balaban J connectivity index is 1.82. The van der Waals surface area contributed by atoms with Gasteiger partial charge in [0.15, 0.2) is 5.75 Å². The van der Waals surface area contributed by atoms with E-state index in [0.29, 0.717) is 0 Å². The molecule has 4 nitrogen and oxygen atoms in total. The van der Waals surface area contributed by atoms with Gasteiger partial charge in [0.1, 0.15) is 22.4 Å². The largest absolute Gasteiger partial charge is 0.455 e. The first-order chi connectivity index (χ1) is 14.0. The lowest BCUT2D eigenvalue weighted by Gasteiger charge is -2.19. The van der Waals surface area contributed by atoms with Gasteiger partial charge >= 0.3 is 0 Å². The van der Waals surface area contributed by atoms with Crippen LogP contribution in [0, 0.1) is 5.41 Å². The van der Waals surface area contributed by atoms with Gasteiger partial charge in [-0.2, -0.15) is 0 Å². The molecule has 0 amide bonds. The quantitative estimate of drug-likeness (QED) is 0.362. The first kappa shape index (κ1) is 17.7. The van der Waals surface area contributed by atoms with E-state index in [-0.39, 0.29) is 5.41 Å². The van der Waals surface area contributed by atoms with E-state index in [2.05, 4.69) is 37.4 Å². The van der Waals surface area contributed by atoms with Gasteiger partial charge < -0.3 is 4.74 Å². The van der Waals surface area contributed by atoms with Crippen LogP contribution in [0.5, 0.6) is 11.5 Å². The number of fused-ring (bicyclic) bond motifs is 5. The van der Waals surface area contributed by atoms with Crippen molar-refractivity contribution in [2.75, 3.05) is 0 Å². The van der Waals surface area contributed by atoms with Crippen LogP contribution < -0.4 is 4.74 Å². The normalized spacial score (nSPS) is 12.1. The number of rotatable bonds is 3. The lowest BCUT2D eigenvalue weighted by molar-refractivity contribution is 0.408. The maximum absolute atomic E-state index is 6.20. The number of para-hydroxylation sites is 2. The van der Waals surface area contributed by atoms with E-state index in [1.54, 1.807) is 0 Å². The molecule has 0 saturated heterocycles. The van der Waals surface area contributed by atoms with E-state index in [1.807, 2.05) is 60.7 Å². The topological polar surface area (TPSA) is 39.4 Å². The van der Waals surface area contributed by atoms with Crippen molar-refractivity contribution in [2.24, 2.45) is 5.41 Å². The number of benzene rings is 2. The second-order valence-electron chi connectivity index (χ2n) is 8.60. The summed E-state index contributed by atoms with van der Waals surface area (Å²) in [4.78, 5) is 10.1. The Hall–Kier alpha value is -3.40. The summed E-state index contributed by atoms with van der Waals surface area (Å²) in [7, 11) is 0. The predicted octanol–water partition coefficient (Wildman–Crippen LogP) is 6.42. The highest BCUT2D eigenvalue weighted by Gasteiger charge is 2.21. The highest BCUT2D eigenvalue weighted by Crippen LogP contribution is 2.36. The molecule has 0 aliphatic carbocycles. The summed E-state index contributed by atoms with van der Waals surface area (Å²) in [6, 6.07) is 22.0. The van der Waals surface area contributed by atoms with Gasteiger partial charge in [0.25, 0.3) is 0 Å². The van der Waals surface area contributed by atoms with Crippen molar-refractivity contribution in [1.82, 2.24) is 14.4 Å². The fourth-order valence-electron chi connectivity index (χ4n) is 3.80. The van der Waals surface area contributed by atoms with Gasteiger partial charge in [0.05, 0.1) is 11.2 Å². The summed E-state index contributed by atoms with van der Waals surface area (Å²) in [6.45, 7) is 6.71. The Bertz CT molecular complexity index is 1330. The third kappa shape index (κ3) is 3.21. The van der Waals surface area contributed by atoms with E-state index in [1.165, 1.54) is 0 Å². The molecule has 2 aromatic carbocycles. The minimum Gasteiger partial charge on any atom is -0.455 e. The zero-order chi connectivity index (χ0) is 20.0. The number of ether oxygens (including phenoxy) is 1. The summed E-state index contributed by atoms with van der Waals surface area (Å²) < 4.78 is 8.35. The zero-order valence-corrected chi connectivity index (χ0v) is 16.9. The number of imidazole rings is 1. The average Bonchev–Trinajstić information content (AvgIpc) is 3.09. The minimum atomic E-state index is 0.0990. The molecule has 29 heavy (non-hydrogen) atoms. The summed E-state index contributed by atoms with van der Waals surface area (Å²) in [6.07, 6.45) is 2.91. The Morgan fingerprint density at radius 2 is 1.62 bits per heavy atom. The maximum atomic E-state index is 6.20. The molecule has 0 radical (unpaired) electrons. The van der Waals surface area contributed by atoms with Crippen molar-refractivity contribution in [3.63, 3.8) is 0 Å². The molecule has 3 aromatic heterocycles. The minimum absolute atomic E-state index is 0.0990. The van der Waals surface area contributed by atoms with Crippen LogP contribution in [0.2, 0.25) is 0 Å². The Kier molecular flexibility index (Phi) is 4.02. The standard InChI is InChI=1S/C25H23N3O/c1-25(2,3)16-19-24-23(27-21-14-7-8-15-28(21)24)18-12-9-13-20(22(18)26-19)29-17-10-5-4-6-11-17/h4-15H,16H2,1-3H3. The van der Waals surface area contributed by atoms with Crippen molar-refractivity contribution >= 4 is 27.6 Å². The molecule has 0 spiro atoms. The first-order valence-electron chi connectivity index (χ1n) is 9.91. The molecule has 0 saturated carbocycles. The molecule has 0 atom stereocenters. The molecular weight excluding hydrogens is 358 g/mol. The van der Waals surface area contributed by atoms with Gasteiger partial charge in [-0.05, 0) is 42.2 Å². The van der Waals surface area contributed by atoms with Gasteiger partial charge in [-0.15, -0.1) is 0 Å². The van der Waals surface area contributed by atoms with Crippen LogP contribution in [0.1, 0.15) is 26.5 Å².